The lowest BCUT2D eigenvalue weighted by Crippen LogP contribution is -2.02. The van der Waals surface area contributed by atoms with Gasteiger partial charge in [-0.25, -0.2) is 15.0 Å². The lowest BCUT2D eigenvalue weighted by atomic mass is 10.0. The average Bonchev–Trinajstić information content (AvgIpc) is 3.87. The minimum atomic E-state index is 0.609. The third kappa shape index (κ3) is 4.30. The van der Waals surface area contributed by atoms with Crippen LogP contribution in [0.25, 0.3) is 104 Å². The van der Waals surface area contributed by atoms with Crippen molar-refractivity contribution in [1.82, 2.24) is 19.5 Å². The fourth-order valence-corrected chi connectivity index (χ4v) is 8.75. The van der Waals surface area contributed by atoms with Gasteiger partial charge in [0.05, 0.1) is 11.0 Å². The van der Waals surface area contributed by atoms with Gasteiger partial charge in [0.1, 0.15) is 11.2 Å². The van der Waals surface area contributed by atoms with Gasteiger partial charge in [-0.15, -0.1) is 11.3 Å². The Morgan fingerprint density at radius 2 is 1.10 bits per heavy atom. The maximum atomic E-state index is 6.19. The molecule has 4 heterocycles. The third-order valence-electron chi connectivity index (χ3n) is 9.86. The van der Waals surface area contributed by atoms with Crippen molar-refractivity contribution in [2.45, 2.75) is 0 Å². The quantitative estimate of drug-likeness (QED) is 0.187. The molecule has 0 unspecified atom stereocenters. The smallest absolute Gasteiger partial charge is 0.166 e. The van der Waals surface area contributed by atoms with Crippen molar-refractivity contribution >= 4 is 75.3 Å². The van der Waals surface area contributed by atoms with E-state index in [1.807, 2.05) is 24.3 Å². The minimum absolute atomic E-state index is 0.609. The minimum Gasteiger partial charge on any atom is -0.456 e. The van der Waals surface area contributed by atoms with Crippen LogP contribution in [0.2, 0.25) is 0 Å². The van der Waals surface area contributed by atoms with Crippen LogP contribution >= 0.6 is 11.3 Å². The molecule has 0 aliphatic carbocycles. The fraction of sp³-hybridized carbons (Fsp3) is 0. The van der Waals surface area contributed by atoms with E-state index >= 15 is 0 Å². The van der Waals surface area contributed by atoms with Crippen molar-refractivity contribution in [3.05, 3.63) is 158 Å². The zero-order valence-electron chi connectivity index (χ0n) is 27.1. The van der Waals surface area contributed by atoms with E-state index in [1.54, 1.807) is 11.3 Å². The molecule has 0 atom stereocenters. The molecule has 5 nitrogen and oxygen atoms in total. The highest BCUT2D eigenvalue weighted by Crippen LogP contribution is 2.42. The van der Waals surface area contributed by atoms with Gasteiger partial charge in [-0.1, -0.05) is 97.1 Å². The lowest BCUT2D eigenvalue weighted by Gasteiger charge is -2.13. The van der Waals surface area contributed by atoms with E-state index in [2.05, 4.69) is 138 Å². The molecule has 0 N–H and O–H groups in total. The summed E-state index contributed by atoms with van der Waals surface area (Å²) in [5, 5.41) is 6.79. The number of hydrogen-bond donors (Lipinski definition) is 0. The molecule has 0 amide bonds. The van der Waals surface area contributed by atoms with Gasteiger partial charge >= 0.3 is 0 Å². The Bertz CT molecular complexity index is 3150. The molecule has 0 aliphatic heterocycles. The van der Waals surface area contributed by atoms with Crippen molar-refractivity contribution in [1.29, 1.82) is 0 Å². The maximum absolute atomic E-state index is 6.19. The van der Waals surface area contributed by atoms with Crippen LogP contribution in [0, 0.1) is 0 Å². The van der Waals surface area contributed by atoms with Crippen LogP contribution in [-0.2, 0) is 0 Å². The maximum Gasteiger partial charge on any atom is 0.166 e. The number of thiophene rings is 1. The molecule has 0 radical (unpaired) electrons. The van der Waals surface area contributed by atoms with Gasteiger partial charge in [0.2, 0.25) is 0 Å². The van der Waals surface area contributed by atoms with Crippen LogP contribution in [0.4, 0.5) is 0 Å². The van der Waals surface area contributed by atoms with Crippen LogP contribution < -0.4 is 0 Å². The standard InChI is InChI=1S/C45H26N4OS/c1-2-12-28(13-3-1)49-36-20-7-4-14-29(36)31-17-10-19-34(42(31)49)45-47-43(27-24-25-38-35(26-27)30-15-5-8-21-37(30)50-38)46-44(48-45)33-18-11-23-40-41(33)32-16-6-9-22-39(32)51-40/h1-26H. The summed E-state index contributed by atoms with van der Waals surface area (Å²) in [6.07, 6.45) is 0. The van der Waals surface area contributed by atoms with Gasteiger partial charge in [0, 0.05) is 64.1 Å². The zero-order chi connectivity index (χ0) is 33.5. The first-order valence-corrected chi connectivity index (χ1v) is 17.8. The van der Waals surface area contributed by atoms with Crippen molar-refractivity contribution in [3.8, 4) is 39.9 Å². The molecule has 51 heavy (non-hydrogen) atoms. The monoisotopic (exact) mass is 670 g/mol. The highest BCUT2D eigenvalue weighted by molar-refractivity contribution is 7.25. The topological polar surface area (TPSA) is 56.7 Å². The van der Waals surface area contributed by atoms with Crippen molar-refractivity contribution in [3.63, 3.8) is 0 Å². The first-order chi connectivity index (χ1) is 25.3. The van der Waals surface area contributed by atoms with E-state index in [0.717, 1.165) is 66.1 Å². The van der Waals surface area contributed by atoms with E-state index < -0.39 is 0 Å². The van der Waals surface area contributed by atoms with E-state index in [-0.39, 0.29) is 0 Å². The van der Waals surface area contributed by atoms with E-state index in [4.69, 9.17) is 19.4 Å². The van der Waals surface area contributed by atoms with Gasteiger partial charge in [-0.3, -0.25) is 0 Å². The number of rotatable bonds is 4. The number of para-hydroxylation sites is 4. The van der Waals surface area contributed by atoms with Gasteiger partial charge in [0.25, 0.3) is 0 Å². The molecule has 0 bridgehead atoms. The Hall–Kier alpha value is -6.63. The van der Waals surface area contributed by atoms with Gasteiger partial charge in [-0.05, 0) is 60.7 Å². The summed E-state index contributed by atoms with van der Waals surface area (Å²) in [6.45, 7) is 0. The first-order valence-electron chi connectivity index (χ1n) is 16.9. The molecule has 4 aromatic heterocycles. The summed E-state index contributed by atoms with van der Waals surface area (Å²) >= 11 is 1.79. The Kier molecular flexibility index (Phi) is 6.05. The Morgan fingerprint density at radius 3 is 2.00 bits per heavy atom. The molecule has 6 heteroatoms. The number of aromatic nitrogens is 4. The summed E-state index contributed by atoms with van der Waals surface area (Å²) in [7, 11) is 0. The summed E-state index contributed by atoms with van der Waals surface area (Å²) < 4.78 is 11.0. The van der Waals surface area contributed by atoms with E-state index in [0.29, 0.717) is 17.5 Å². The molecule has 7 aromatic carbocycles. The predicted molar refractivity (Wildman–Crippen MR) is 211 cm³/mol. The molecule has 11 rings (SSSR count). The fourth-order valence-electron chi connectivity index (χ4n) is 7.62. The number of benzene rings is 7. The van der Waals surface area contributed by atoms with Crippen molar-refractivity contribution < 1.29 is 4.42 Å². The molecule has 0 fully saturated rings. The molecule has 0 saturated heterocycles. The molecule has 238 valence electrons. The van der Waals surface area contributed by atoms with E-state index in [9.17, 15) is 0 Å². The molecular weight excluding hydrogens is 645 g/mol. The second-order valence-electron chi connectivity index (χ2n) is 12.8. The zero-order valence-corrected chi connectivity index (χ0v) is 27.9. The molecule has 11 aromatic rings. The van der Waals surface area contributed by atoms with Crippen LogP contribution in [-0.4, -0.2) is 19.5 Å². The Labute approximate surface area is 295 Å². The number of nitrogens with zero attached hydrogens (tertiary/aromatic N) is 4. The van der Waals surface area contributed by atoms with Crippen LogP contribution in [0.1, 0.15) is 0 Å². The summed E-state index contributed by atoms with van der Waals surface area (Å²) in [5.41, 5.74) is 7.79. The molecule has 0 saturated carbocycles. The lowest BCUT2D eigenvalue weighted by molar-refractivity contribution is 0.669. The van der Waals surface area contributed by atoms with Crippen molar-refractivity contribution in [2.75, 3.05) is 0 Å². The Balaban J connectivity index is 1.24. The molecule has 0 aliphatic rings. The van der Waals surface area contributed by atoms with E-state index in [1.165, 1.54) is 20.2 Å². The first kappa shape index (κ1) is 28.2. The number of fused-ring (bicyclic) bond motifs is 9. The Morgan fingerprint density at radius 1 is 0.451 bits per heavy atom. The molecular formula is C45H26N4OS. The highest BCUT2D eigenvalue weighted by Gasteiger charge is 2.21. The number of furan rings is 1. The number of hydrogen-bond acceptors (Lipinski definition) is 5. The highest BCUT2D eigenvalue weighted by atomic mass is 32.1. The van der Waals surface area contributed by atoms with Crippen LogP contribution in [0.5, 0.6) is 0 Å². The largest absolute Gasteiger partial charge is 0.456 e. The SMILES string of the molecule is c1ccc(-n2c3ccccc3c3cccc(-c4nc(-c5ccc6oc7ccccc7c6c5)nc(-c5cccc6sc7ccccc7c56)n4)c32)cc1. The van der Waals surface area contributed by atoms with Gasteiger partial charge in [-0.2, -0.15) is 0 Å². The second-order valence-corrected chi connectivity index (χ2v) is 13.9. The molecule has 0 spiro atoms. The second kappa shape index (κ2) is 10.9. The van der Waals surface area contributed by atoms with Crippen LogP contribution in [0.3, 0.4) is 0 Å². The normalized spacial score (nSPS) is 11.9. The predicted octanol–water partition coefficient (Wildman–Crippen LogP) is 12.2. The third-order valence-corrected chi connectivity index (χ3v) is 11.0. The summed E-state index contributed by atoms with van der Waals surface area (Å²) in [4.78, 5) is 15.9. The summed E-state index contributed by atoms with van der Waals surface area (Å²) in [5.74, 6) is 1.87. The average molecular weight is 671 g/mol. The van der Waals surface area contributed by atoms with Gasteiger partial charge in [0.15, 0.2) is 17.5 Å². The van der Waals surface area contributed by atoms with Gasteiger partial charge < -0.3 is 8.98 Å². The van der Waals surface area contributed by atoms with Crippen LogP contribution in [0.15, 0.2) is 162 Å². The summed E-state index contributed by atoms with van der Waals surface area (Å²) in [6, 6.07) is 54.9. The van der Waals surface area contributed by atoms with Crippen molar-refractivity contribution in [2.24, 2.45) is 0 Å².